The van der Waals surface area contributed by atoms with E-state index in [1.54, 1.807) is 36.4 Å². The van der Waals surface area contributed by atoms with Crippen molar-refractivity contribution in [3.63, 3.8) is 0 Å². The number of hydrogen-bond donors (Lipinski definition) is 1. The molecule has 8 heteroatoms. The van der Waals surface area contributed by atoms with E-state index in [2.05, 4.69) is 5.32 Å². The van der Waals surface area contributed by atoms with Crippen LogP contribution in [0, 0.1) is 0 Å². The van der Waals surface area contributed by atoms with Crippen LogP contribution in [0.4, 0.5) is 10.5 Å². The smallest absolute Gasteiger partial charge is 0.291 e. The van der Waals surface area contributed by atoms with Crippen LogP contribution in [0.15, 0.2) is 48.5 Å². The van der Waals surface area contributed by atoms with Crippen LogP contribution in [0.3, 0.4) is 0 Å². The van der Waals surface area contributed by atoms with Crippen molar-refractivity contribution in [2.45, 2.75) is 11.9 Å². The number of hydrogen-bond acceptors (Lipinski definition) is 6. The lowest BCUT2D eigenvalue weighted by molar-refractivity contribution is -0.255. The Morgan fingerprint density at radius 2 is 1.92 bits per heavy atom. The van der Waals surface area contributed by atoms with Gasteiger partial charge in [0.2, 0.25) is 0 Å². The second-order valence-electron chi connectivity index (χ2n) is 5.33. The van der Waals surface area contributed by atoms with Crippen molar-refractivity contribution in [1.82, 2.24) is 4.90 Å². The fraction of sp³-hybridized carbons (Fsp3) is 0.118. The van der Waals surface area contributed by atoms with Crippen LogP contribution < -0.4 is 10.4 Å². The first kappa shape index (κ1) is 17.3. The Balaban J connectivity index is 1.72. The lowest BCUT2D eigenvalue weighted by Gasteiger charge is -2.15. The average Bonchev–Trinajstić information content (AvgIpc) is 2.85. The molecule has 25 heavy (non-hydrogen) atoms. The van der Waals surface area contributed by atoms with Crippen LogP contribution in [0.25, 0.3) is 0 Å². The third kappa shape index (κ3) is 3.94. The summed E-state index contributed by atoms with van der Waals surface area (Å²) >= 11 is 6.70. The number of carboxylic acids is 1. The van der Waals surface area contributed by atoms with E-state index in [0.29, 0.717) is 16.3 Å². The minimum absolute atomic E-state index is 0.0000808. The summed E-state index contributed by atoms with van der Waals surface area (Å²) in [5.41, 5.74) is 1.21. The average molecular weight is 376 g/mol. The summed E-state index contributed by atoms with van der Waals surface area (Å²) in [6.45, 7) is 0.00455. The van der Waals surface area contributed by atoms with Crippen molar-refractivity contribution in [2.24, 2.45) is 0 Å². The number of nitrogens with zero attached hydrogens (tertiary/aromatic N) is 1. The van der Waals surface area contributed by atoms with Gasteiger partial charge in [0.15, 0.2) is 5.37 Å². The van der Waals surface area contributed by atoms with E-state index in [4.69, 9.17) is 11.6 Å². The quantitative estimate of drug-likeness (QED) is 0.862. The number of amides is 2. The van der Waals surface area contributed by atoms with E-state index >= 15 is 0 Å². The zero-order valence-electron chi connectivity index (χ0n) is 12.8. The Labute approximate surface area is 152 Å². The third-order valence-electron chi connectivity index (χ3n) is 3.57. The molecule has 1 aliphatic rings. The first-order valence-corrected chi connectivity index (χ1v) is 8.54. The molecule has 2 aromatic rings. The highest BCUT2D eigenvalue weighted by atomic mass is 35.5. The summed E-state index contributed by atoms with van der Waals surface area (Å²) in [6, 6.07) is 12.8. The van der Waals surface area contributed by atoms with Crippen molar-refractivity contribution in [2.75, 3.05) is 5.32 Å². The molecule has 1 unspecified atom stereocenters. The van der Waals surface area contributed by atoms with Gasteiger partial charge in [-0.15, -0.1) is 0 Å². The van der Waals surface area contributed by atoms with Crippen LogP contribution in [-0.2, 0) is 11.3 Å². The highest BCUT2D eigenvalue weighted by Crippen LogP contribution is 2.30. The number of carbonyl (C=O) groups excluding carboxylic acids is 3. The van der Waals surface area contributed by atoms with Gasteiger partial charge in [-0.1, -0.05) is 29.8 Å². The molecule has 1 saturated heterocycles. The molecule has 0 bridgehead atoms. The highest BCUT2D eigenvalue weighted by molar-refractivity contribution is 8.15. The second kappa shape index (κ2) is 7.16. The molecule has 0 aromatic heterocycles. The van der Waals surface area contributed by atoms with Crippen molar-refractivity contribution in [1.29, 1.82) is 0 Å². The molecule has 1 heterocycles. The molecular weight excluding hydrogens is 364 g/mol. The Morgan fingerprint density at radius 3 is 2.60 bits per heavy atom. The minimum Gasteiger partial charge on any atom is -0.545 e. The van der Waals surface area contributed by atoms with Crippen molar-refractivity contribution >= 4 is 46.2 Å². The predicted octanol–water partition coefficient (Wildman–Crippen LogP) is 2.34. The van der Waals surface area contributed by atoms with Crippen molar-refractivity contribution in [3.8, 4) is 0 Å². The molecule has 1 fully saturated rings. The van der Waals surface area contributed by atoms with E-state index in [0.717, 1.165) is 16.7 Å². The summed E-state index contributed by atoms with van der Waals surface area (Å²) in [5, 5.41) is 13.3. The largest absolute Gasteiger partial charge is 0.545 e. The number of rotatable bonds is 5. The monoisotopic (exact) mass is 375 g/mol. The number of thioether (sulfide) groups is 1. The number of carbonyl (C=O) groups is 3. The molecule has 2 aromatic carbocycles. The molecular formula is C17H12ClN2O4S-. The SMILES string of the molecule is O=C([O-])c1cccc(CN2C(=O)SC(Nc3ccc(Cl)cc3)C2=O)c1. The van der Waals surface area contributed by atoms with Gasteiger partial charge in [-0.2, -0.15) is 0 Å². The summed E-state index contributed by atoms with van der Waals surface area (Å²) in [7, 11) is 0. The molecule has 0 saturated carbocycles. The van der Waals surface area contributed by atoms with Crippen LogP contribution in [0.2, 0.25) is 5.02 Å². The van der Waals surface area contributed by atoms with Gasteiger partial charge in [-0.3, -0.25) is 14.5 Å². The summed E-state index contributed by atoms with van der Waals surface area (Å²) in [4.78, 5) is 36.6. The number of aromatic carboxylic acids is 1. The van der Waals surface area contributed by atoms with Crippen LogP contribution in [-0.4, -0.2) is 27.4 Å². The van der Waals surface area contributed by atoms with Gasteiger partial charge in [0.25, 0.3) is 11.1 Å². The number of benzene rings is 2. The van der Waals surface area contributed by atoms with E-state index < -0.39 is 16.6 Å². The maximum atomic E-state index is 12.5. The van der Waals surface area contributed by atoms with Gasteiger partial charge in [-0.25, -0.2) is 0 Å². The number of nitrogens with one attached hydrogen (secondary N) is 1. The van der Waals surface area contributed by atoms with Crippen LogP contribution in [0.1, 0.15) is 15.9 Å². The highest BCUT2D eigenvalue weighted by Gasteiger charge is 2.39. The van der Waals surface area contributed by atoms with Crippen molar-refractivity contribution in [3.05, 3.63) is 64.7 Å². The fourth-order valence-electron chi connectivity index (χ4n) is 2.36. The number of imide groups is 1. The lowest BCUT2D eigenvalue weighted by atomic mass is 10.1. The second-order valence-corrected chi connectivity index (χ2v) is 6.82. The summed E-state index contributed by atoms with van der Waals surface area (Å²) < 4.78 is 0. The van der Waals surface area contributed by atoms with E-state index in [-0.39, 0.29) is 18.0 Å². The van der Waals surface area contributed by atoms with E-state index in [1.807, 2.05) is 0 Å². The van der Waals surface area contributed by atoms with Crippen molar-refractivity contribution < 1.29 is 19.5 Å². The number of carboxylic acid groups (broad SMARTS) is 1. The first-order chi connectivity index (χ1) is 11.9. The standard InChI is InChI=1S/C17H13ClN2O4S/c18-12-4-6-13(7-5-12)19-14-15(21)20(17(24)25-14)9-10-2-1-3-11(8-10)16(22)23/h1-8,14,19H,9H2,(H,22,23)/p-1. The Hall–Kier alpha value is -2.51. The van der Waals surface area contributed by atoms with Gasteiger partial charge in [-0.05, 0) is 53.2 Å². The molecule has 1 atom stereocenters. The molecule has 2 amide bonds. The molecule has 6 nitrogen and oxygen atoms in total. The Morgan fingerprint density at radius 1 is 1.20 bits per heavy atom. The van der Waals surface area contributed by atoms with E-state index in [9.17, 15) is 19.5 Å². The Kier molecular flexibility index (Phi) is 4.96. The fourth-order valence-corrected chi connectivity index (χ4v) is 3.39. The Bertz CT molecular complexity index is 841. The molecule has 1 aliphatic heterocycles. The van der Waals surface area contributed by atoms with Gasteiger partial charge in [0.05, 0.1) is 12.5 Å². The van der Waals surface area contributed by atoms with Gasteiger partial charge in [0, 0.05) is 10.7 Å². The number of anilines is 1. The summed E-state index contributed by atoms with van der Waals surface area (Å²) in [6.07, 6.45) is 0. The minimum atomic E-state index is -1.31. The maximum absolute atomic E-state index is 12.5. The molecule has 0 aliphatic carbocycles. The van der Waals surface area contributed by atoms with Crippen LogP contribution in [0.5, 0.6) is 0 Å². The summed E-state index contributed by atoms with van der Waals surface area (Å²) in [5.74, 6) is -1.69. The normalized spacial score (nSPS) is 17.0. The van der Waals surface area contributed by atoms with Gasteiger partial charge >= 0.3 is 0 Å². The topological polar surface area (TPSA) is 89.5 Å². The molecule has 0 spiro atoms. The van der Waals surface area contributed by atoms with E-state index in [1.165, 1.54) is 12.1 Å². The molecule has 128 valence electrons. The first-order valence-electron chi connectivity index (χ1n) is 7.28. The number of halogens is 1. The van der Waals surface area contributed by atoms with Gasteiger partial charge in [0.1, 0.15) is 0 Å². The third-order valence-corrected chi connectivity index (χ3v) is 4.80. The van der Waals surface area contributed by atoms with Crippen LogP contribution >= 0.6 is 23.4 Å². The molecule has 0 radical (unpaired) electrons. The van der Waals surface area contributed by atoms with Gasteiger partial charge < -0.3 is 15.2 Å². The molecule has 1 N–H and O–H groups in total. The zero-order valence-corrected chi connectivity index (χ0v) is 14.3. The zero-order chi connectivity index (χ0) is 18.0. The maximum Gasteiger partial charge on any atom is 0.291 e. The molecule has 3 rings (SSSR count). The predicted molar refractivity (Wildman–Crippen MR) is 93.2 cm³/mol. The lowest BCUT2D eigenvalue weighted by Crippen LogP contribution is -2.34.